The van der Waals surface area contributed by atoms with Gasteiger partial charge in [-0.05, 0) is 46.1 Å². The van der Waals surface area contributed by atoms with Gasteiger partial charge >= 0.3 is 5.97 Å². The zero-order valence-corrected chi connectivity index (χ0v) is 10.4. The SMILES string of the molecule is CCOCCCN1CCCCC1(C)C(=O)O. The third-order valence-corrected chi connectivity index (χ3v) is 3.42. The maximum atomic E-state index is 11.3. The van der Waals surface area contributed by atoms with Gasteiger partial charge < -0.3 is 9.84 Å². The summed E-state index contributed by atoms with van der Waals surface area (Å²) in [5.41, 5.74) is -0.662. The lowest BCUT2D eigenvalue weighted by atomic mass is 9.88. The van der Waals surface area contributed by atoms with Crippen LogP contribution in [0.3, 0.4) is 0 Å². The number of hydrogen-bond acceptors (Lipinski definition) is 3. The van der Waals surface area contributed by atoms with E-state index in [1.807, 2.05) is 13.8 Å². The number of carboxylic acids is 1. The average molecular weight is 229 g/mol. The van der Waals surface area contributed by atoms with Crippen molar-refractivity contribution in [1.82, 2.24) is 4.90 Å². The summed E-state index contributed by atoms with van der Waals surface area (Å²) in [6, 6.07) is 0. The Labute approximate surface area is 97.6 Å². The monoisotopic (exact) mass is 229 g/mol. The molecule has 1 fully saturated rings. The third kappa shape index (κ3) is 3.19. The molecule has 0 saturated carbocycles. The first-order valence-corrected chi connectivity index (χ1v) is 6.17. The highest BCUT2D eigenvalue weighted by Crippen LogP contribution is 2.28. The van der Waals surface area contributed by atoms with E-state index in [4.69, 9.17) is 4.74 Å². The zero-order chi connectivity index (χ0) is 12.0. The Morgan fingerprint density at radius 2 is 2.25 bits per heavy atom. The summed E-state index contributed by atoms with van der Waals surface area (Å²) >= 11 is 0. The maximum absolute atomic E-state index is 11.3. The van der Waals surface area contributed by atoms with Crippen molar-refractivity contribution in [2.75, 3.05) is 26.3 Å². The second-order valence-corrected chi connectivity index (χ2v) is 4.57. The van der Waals surface area contributed by atoms with Gasteiger partial charge in [-0.15, -0.1) is 0 Å². The van der Waals surface area contributed by atoms with E-state index in [0.29, 0.717) is 0 Å². The van der Waals surface area contributed by atoms with Gasteiger partial charge in [-0.2, -0.15) is 0 Å². The van der Waals surface area contributed by atoms with Crippen molar-refractivity contribution in [2.24, 2.45) is 0 Å². The van der Waals surface area contributed by atoms with Crippen LogP contribution >= 0.6 is 0 Å². The Morgan fingerprint density at radius 1 is 1.50 bits per heavy atom. The van der Waals surface area contributed by atoms with Gasteiger partial charge in [0.1, 0.15) is 5.54 Å². The Kier molecular flexibility index (Phi) is 5.22. The van der Waals surface area contributed by atoms with Crippen LogP contribution in [-0.4, -0.2) is 47.8 Å². The van der Waals surface area contributed by atoms with Crippen molar-refractivity contribution in [3.63, 3.8) is 0 Å². The molecule has 0 spiro atoms. The van der Waals surface area contributed by atoms with Gasteiger partial charge in [-0.25, -0.2) is 0 Å². The first kappa shape index (κ1) is 13.5. The lowest BCUT2D eigenvalue weighted by Gasteiger charge is -2.41. The first-order valence-electron chi connectivity index (χ1n) is 6.17. The average Bonchev–Trinajstić information content (AvgIpc) is 2.26. The van der Waals surface area contributed by atoms with Crippen LogP contribution in [-0.2, 0) is 9.53 Å². The number of rotatable bonds is 6. The molecule has 16 heavy (non-hydrogen) atoms. The molecule has 1 heterocycles. The number of ether oxygens (including phenoxy) is 1. The number of piperidine rings is 1. The van der Waals surface area contributed by atoms with Gasteiger partial charge in [0.05, 0.1) is 0 Å². The molecule has 1 N–H and O–H groups in total. The standard InChI is InChI=1S/C12H23NO3/c1-3-16-10-6-9-13-8-5-4-7-12(13,2)11(14)15/h3-10H2,1-2H3,(H,14,15). The smallest absolute Gasteiger partial charge is 0.323 e. The van der Waals surface area contributed by atoms with E-state index in [0.717, 1.165) is 52.0 Å². The van der Waals surface area contributed by atoms with Crippen LogP contribution in [0.4, 0.5) is 0 Å². The van der Waals surface area contributed by atoms with Crippen LogP contribution in [0.5, 0.6) is 0 Å². The molecule has 0 aromatic rings. The van der Waals surface area contributed by atoms with E-state index in [1.54, 1.807) is 0 Å². The molecule has 1 aliphatic rings. The molecule has 1 saturated heterocycles. The molecule has 1 rings (SSSR count). The second-order valence-electron chi connectivity index (χ2n) is 4.57. The van der Waals surface area contributed by atoms with E-state index in [9.17, 15) is 9.90 Å². The maximum Gasteiger partial charge on any atom is 0.323 e. The third-order valence-electron chi connectivity index (χ3n) is 3.42. The number of hydrogen-bond donors (Lipinski definition) is 1. The fourth-order valence-electron chi connectivity index (χ4n) is 2.28. The first-order chi connectivity index (χ1) is 7.61. The number of carboxylic acid groups (broad SMARTS) is 1. The number of aliphatic carboxylic acids is 1. The Balaban J connectivity index is 2.44. The molecule has 1 unspecified atom stereocenters. The molecule has 0 amide bonds. The molecule has 0 aromatic carbocycles. The van der Waals surface area contributed by atoms with Crippen LogP contribution in [0.1, 0.15) is 39.5 Å². The molecule has 0 aliphatic carbocycles. The zero-order valence-electron chi connectivity index (χ0n) is 10.4. The molecule has 4 heteroatoms. The summed E-state index contributed by atoms with van der Waals surface area (Å²) in [5.74, 6) is -0.691. The second kappa shape index (κ2) is 6.21. The fourth-order valence-corrected chi connectivity index (χ4v) is 2.28. The van der Waals surface area contributed by atoms with Crippen LogP contribution in [0.15, 0.2) is 0 Å². The van der Waals surface area contributed by atoms with Crippen LogP contribution in [0.2, 0.25) is 0 Å². The fraction of sp³-hybridized carbons (Fsp3) is 0.917. The molecule has 4 nitrogen and oxygen atoms in total. The highest BCUT2D eigenvalue weighted by Gasteiger charge is 2.40. The van der Waals surface area contributed by atoms with E-state index in [2.05, 4.69) is 4.90 Å². The number of carbonyl (C=O) groups is 1. The van der Waals surface area contributed by atoms with Crippen molar-refractivity contribution in [3.8, 4) is 0 Å². The highest BCUT2D eigenvalue weighted by atomic mass is 16.5. The number of nitrogens with zero attached hydrogens (tertiary/aromatic N) is 1. The van der Waals surface area contributed by atoms with E-state index >= 15 is 0 Å². The van der Waals surface area contributed by atoms with Gasteiger partial charge in [0.15, 0.2) is 0 Å². The quantitative estimate of drug-likeness (QED) is 0.705. The summed E-state index contributed by atoms with van der Waals surface area (Å²) in [5, 5.41) is 9.30. The molecule has 1 atom stereocenters. The Hall–Kier alpha value is -0.610. The van der Waals surface area contributed by atoms with Crippen molar-refractivity contribution in [1.29, 1.82) is 0 Å². The molecule has 0 bridgehead atoms. The topological polar surface area (TPSA) is 49.8 Å². The summed E-state index contributed by atoms with van der Waals surface area (Å²) < 4.78 is 5.28. The van der Waals surface area contributed by atoms with Gasteiger partial charge in [-0.3, -0.25) is 9.69 Å². The van der Waals surface area contributed by atoms with E-state index < -0.39 is 11.5 Å². The molecule has 0 aromatic heterocycles. The summed E-state index contributed by atoms with van der Waals surface area (Å²) in [6.45, 7) is 6.99. The predicted octanol–water partition coefficient (Wildman–Crippen LogP) is 1.74. The van der Waals surface area contributed by atoms with Gasteiger partial charge in [0.2, 0.25) is 0 Å². The molecule has 0 radical (unpaired) electrons. The highest BCUT2D eigenvalue weighted by molar-refractivity contribution is 5.78. The molecule has 94 valence electrons. The van der Waals surface area contributed by atoms with E-state index in [-0.39, 0.29) is 0 Å². The summed E-state index contributed by atoms with van der Waals surface area (Å²) in [7, 11) is 0. The van der Waals surface area contributed by atoms with Crippen molar-refractivity contribution in [2.45, 2.75) is 45.1 Å². The molecular formula is C12H23NO3. The Bertz CT molecular complexity index is 232. The van der Waals surface area contributed by atoms with Gasteiger partial charge in [-0.1, -0.05) is 0 Å². The van der Waals surface area contributed by atoms with Crippen molar-refractivity contribution in [3.05, 3.63) is 0 Å². The summed E-state index contributed by atoms with van der Waals surface area (Å²) in [6.07, 6.45) is 3.80. The van der Waals surface area contributed by atoms with Crippen LogP contribution in [0.25, 0.3) is 0 Å². The van der Waals surface area contributed by atoms with Crippen molar-refractivity contribution >= 4 is 5.97 Å². The Morgan fingerprint density at radius 3 is 2.88 bits per heavy atom. The normalized spacial score (nSPS) is 26.9. The molecule has 1 aliphatic heterocycles. The van der Waals surface area contributed by atoms with Crippen LogP contribution < -0.4 is 0 Å². The predicted molar refractivity (Wildman–Crippen MR) is 62.6 cm³/mol. The minimum Gasteiger partial charge on any atom is -0.480 e. The van der Waals surface area contributed by atoms with Gasteiger partial charge in [0, 0.05) is 19.8 Å². The molecular weight excluding hydrogens is 206 g/mol. The lowest BCUT2D eigenvalue weighted by molar-refractivity contribution is -0.153. The minimum absolute atomic E-state index is 0.662. The van der Waals surface area contributed by atoms with Crippen molar-refractivity contribution < 1.29 is 14.6 Å². The lowest BCUT2D eigenvalue weighted by Crippen LogP contribution is -2.55. The van der Waals surface area contributed by atoms with Gasteiger partial charge in [0.25, 0.3) is 0 Å². The number of likely N-dealkylation sites (tertiary alicyclic amines) is 1. The summed E-state index contributed by atoms with van der Waals surface area (Å²) in [4.78, 5) is 13.4. The largest absolute Gasteiger partial charge is 0.480 e. The van der Waals surface area contributed by atoms with Crippen LogP contribution in [0, 0.1) is 0 Å². The van der Waals surface area contributed by atoms with E-state index in [1.165, 1.54) is 0 Å². The minimum atomic E-state index is -0.691.